The van der Waals surface area contributed by atoms with Crippen molar-refractivity contribution in [3.05, 3.63) is 93.9 Å². The van der Waals surface area contributed by atoms with Crippen molar-refractivity contribution in [2.45, 2.75) is 27.2 Å². The van der Waals surface area contributed by atoms with Crippen molar-refractivity contribution >= 4 is 34.9 Å². The molecule has 1 unspecified atom stereocenters. The van der Waals surface area contributed by atoms with Gasteiger partial charge in [0.05, 0.1) is 18.4 Å². The fourth-order valence-electron chi connectivity index (χ4n) is 5.58. The average Bonchev–Trinajstić information content (AvgIpc) is 3.52. The van der Waals surface area contributed by atoms with E-state index in [0.717, 1.165) is 54.3 Å². The minimum absolute atomic E-state index is 0.0248. The average molecular weight is 574 g/mol. The number of likely N-dealkylation sites (tertiary alicyclic amines) is 1. The van der Waals surface area contributed by atoms with Gasteiger partial charge in [-0.3, -0.25) is 19.6 Å². The van der Waals surface area contributed by atoms with Gasteiger partial charge < -0.3 is 15.0 Å². The molecule has 2 aromatic carbocycles. The van der Waals surface area contributed by atoms with E-state index in [1.807, 2.05) is 80.4 Å². The molecule has 1 saturated heterocycles. The number of nitrogens with zero attached hydrogens (tertiary/aromatic N) is 4. The molecule has 214 valence electrons. The smallest absolute Gasteiger partial charge is 0.326 e. The summed E-state index contributed by atoms with van der Waals surface area (Å²) in [6.45, 7) is 9.58. The van der Waals surface area contributed by atoms with Crippen LogP contribution in [0.3, 0.4) is 0 Å². The molecule has 0 aliphatic carbocycles. The number of rotatable bonds is 8. The summed E-state index contributed by atoms with van der Waals surface area (Å²) < 4.78 is 5.22. The first-order valence-electron chi connectivity index (χ1n) is 13.9. The van der Waals surface area contributed by atoms with Crippen molar-refractivity contribution in [3.63, 3.8) is 0 Å². The zero-order valence-corrected chi connectivity index (χ0v) is 24.7. The first kappa shape index (κ1) is 28.6. The van der Waals surface area contributed by atoms with Crippen LogP contribution in [0.5, 0.6) is 5.75 Å². The molecule has 1 atom stereocenters. The first-order valence-corrected chi connectivity index (χ1v) is 14.3. The highest BCUT2D eigenvalue weighted by atomic mass is 35.5. The Kier molecular flexibility index (Phi) is 8.61. The van der Waals surface area contributed by atoms with Crippen LogP contribution in [0, 0.1) is 26.7 Å². The lowest BCUT2D eigenvalue weighted by molar-refractivity contribution is 0.0818. The number of fused-ring (bicyclic) bond motifs is 1. The van der Waals surface area contributed by atoms with E-state index in [9.17, 15) is 9.59 Å². The predicted molar refractivity (Wildman–Crippen MR) is 163 cm³/mol. The van der Waals surface area contributed by atoms with E-state index in [1.165, 1.54) is 5.57 Å². The fraction of sp³-hybridized carbons (Fsp3) is 0.344. The van der Waals surface area contributed by atoms with Crippen LogP contribution >= 0.6 is 11.6 Å². The maximum Gasteiger partial charge on any atom is 0.326 e. The maximum atomic E-state index is 13.4. The van der Waals surface area contributed by atoms with Crippen LogP contribution in [0.15, 0.2) is 66.5 Å². The molecule has 3 aromatic rings. The van der Waals surface area contributed by atoms with Crippen molar-refractivity contribution in [2.75, 3.05) is 50.1 Å². The largest absolute Gasteiger partial charge is 0.497 e. The molecule has 9 heteroatoms. The standard InChI is InChI=1S/C32H36ClN5O3/c1-21-6-9-27(16-29(21)33)38(32(40)35-26-7-10-28(41-4)11-8-26)15-5-14-36-17-24-19-37(20-25(24)18-36)31(39)30-22(2)12-13-34-23(30)3/h6-13,16,19,25H,5,14-15,17-18,20H2,1-4H3,(H,35,40). The Morgan fingerprint density at radius 2 is 1.85 bits per heavy atom. The highest BCUT2D eigenvalue weighted by Crippen LogP contribution is 2.31. The number of carbonyl (C=O) groups excluding carboxylic acids is 2. The minimum Gasteiger partial charge on any atom is -0.497 e. The molecule has 41 heavy (non-hydrogen) atoms. The minimum atomic E-state index is -0.216. The number of aromatic nitrogens is 1. The number of benzene rings is 2. The second kappa shape index (κ2) is 12.3. The zero-order chi connectivity index (χ0) is 29.1. The first-order chi connectivity index (χ1) is 19.7. The van der Waals surface area contributed by atoms with Gasteiger partial charge in [0.15, 0.2) is 0 Å². The molecular weight excluding hydrogens is 538 g/mol. The number of ether oxygens (including phenoxy) is 1. The van der Waals surface area contributed by atoms with Crippen LogP contribution in [-0.2, 0) is 0 Å². The third kappa shape index (κ3) is 6.39. The van der Waals surface area contributed by atoms with Gasteiger partial charge in [0.2, 0.25) is 0 Å². The summed E-state index contributed by atoms with van der Waals surface area (Å²) in [4.78, 5) is 36.9. The highest BCUT2D eigenvalue weighted by Gasteiger charge is 2.36. The van der Waals surface area contributed by atoms with E-state index < -0.39 is 0 Å². The summed E-state index contributed by atoms with van der Waals surface area (Å²) in [5.41, 5.74) is 6.11. The van der Waals surface area contributed by atoms with Crippen molar-refractivity contribution in [1.82, 2.24) is 14.8 Å². The Labute approximate surface area is 246 Å². The number of pyridine rings is 1. The Morgan fingerprint density at radius 3 is 2.54 bits per heavy atom. The lowest BCUT2D eigenvalue weighted by atomic mass is 10.1. The number of urea groups is 1. The Balaban J connectivity index is 1.21. The Hall–Kier alpha value is -3.88. The van der Waals surface area contributed by atoms with Gasteiger partial charge in [-0.1, -0.05) is 17.7 Å². The fourth-order valence-corrected chi connectivity index (χ4v) is 5.76. The van der Waals surface area contributed by atoms with Crippen LogP contribution in [0.2, 0.25) is 5.02 Å². The number of aryl methyl sites for hydroxylation is 3. The predicted octanol–water partition coefficient (Wildman–Crippen LogP) is 6.07. The molecule has 3 amide bonds. The SMILES string of the molecule is COc1ccc(NC(=O)N(CCCN2CC3=CN(C(=O)c4c(C)ccnc4C)CC3C2)c2ccc(C)c(Cl)c2)cc1. The van der Waals surface area contributed by atoms with Crippen LogP contribution in [0.1, 0.15) is 33.6 Å². The Morgan fingerprint density at radius 1 is 1.07 bits per heavy atom. The molecule has 1 N–H and O–H groups in total. The number of hydrogen-bond acceptors (Lipinski definition) is 5. The summed E-state index contributed by atoms with van der Waals surface area (Å²) in [5, 5.41) is 3.62. The number of amides is 3. The van der Waals surface area contributed by atoms with E-state index in [2.05, 4.69) is 15.2 Å². The van der Waals surface area contributed by atoms with Gasteiger partial charge in [-0.2, -0.15) is 0 Å². The molecule has 2 aliphatic heterocycles. The number of carbonyl (C=O) groups is 2. The number of halogens is 1. The topological polar surface area (TPSA) is 78.0 Å². The summed E-state index contributed by atoms with van der Waals surface area (Å²) in [6.07, 6.45) is 4.56. The van der Waals surface area contributed by atoms with E-state index >= 15 is 0 Å². The van der Waals surface area contributed by atoms with Crippen LogP contribution < -0.4 is 15.0 Å². The molecule has 1 aromatic heterocycles. The number of nitrogens with one attached hydrogen (secondary N) is 1. The number of anilines is 2. The van der Waals surface area contributed by atoms with Gasteiger partial charge >= 0.3 is 6.03 Å². The zero-order valence-electron chi connectivity index (χ0n) is 24.0. The molecule has 5 rings (SSSR count). The van der Waals surface area contributed by atoms with Gasteiger partial charge in [-0.05, 0) is 86.4 Å². The van der Waals surface area contributed by atoms with Crippen molar-refractivity contribution in [2.24, 2.45) is 5.92 Å². The van der Waals surface area contributed by atoms with Crippen LogP contribution in [0.25, 0.3) is 0 Å². The number of methoxy groups -OCH3 is 1. The lowest BCUT2D eigenvalue weighted by Gasteiger charge is -2.25. The maximum absolute atomic E-state index is 13.4. The summed E-state index contributed by atoms with van der Waals surface area (Å²) in [5.74, 6) is 1.09. The van der Waals surface area contributed by atoms with Crippen molar-refractivity contribution in [3.8, 4) is 5.75 Å². The third-order valence-electron chi connectivity index (χ3n) is 7.88. The van der Waals surface area contributed by atoms with Gasteiger partial charge in [0.1, 0.15) is 5.75 Å². The highest BCUT2D eigenvalue weighted by molar-refractivity contribution is 6.31. The molecule has 3 heterocycles. The van der Waals surface area contributed by atoms with Gasteiger partial charge in [0, 0.05) is 67.4 Å². The normalized spacial score (nSPS) is 16.4. The molecule has 0 saturated carbocycles. The second-order valence-electron chi connectivity index (χ2n) is 10.8. The molecule has 0 spiro atoms. The van der Waals surface area contributed by atoms with Gasteiger partial charge in [0.25, 0.3) is 5.91 Å². The second-order valence-corrected chi connectivity index (χ2v) is 11.2. The van der Waals surface area contributed by atoms with Crippen LogP contribution in [-0.4, -0.2) is 66.6 Å². The number of hydrogen-bond donors (Lipinski definition) is 1. The van der Waals surface area contributed by atoms with E-state index in [4.69, 9.17) is 16.3 Å². The molecule has 8 nitrogen and oxygen atoms in total. The third-order valence-corrected chi connectivity index (χ3v) is 8.29. The molecule has 0 bridgehead atoms. The monoisotopic (exact) mass is 573 g/mol. The molecule has 2 aliphatic rings. The quantitative estimate of drug-likeness (QED) is 0.354. The summed E-state index contributed by atoms with van der Waals surface area (Å²) >= 11 is 6.42. The van der Waals surface area contributed by atoms with Gasteiger partial charge in [-0.25, -0.2) is 4.79 Å². The van der Waals surface area contributed by atoms with E-state index in [1.54, 1.807) is 18.2 Å². The van der Waals surface area contributed by atoms with E-state index in [0.29, 0.717) is 35.3 Å². The Bertz CT molecular complexity index is 1450. The molecule has 1 fully saturated rings. The summed E-state index contributed by atoms with van der Waals surface area (Å²) in [6, 6.07) is 14.6. The van der Waals surface area contributed by atoms with Gasteiger partial charge in [-0.15, -0.1) is 0 Å². The lowest BCUT2D eigenvalue weighted by Crippen LogP contribution is -2.37. The van der Waals surface area contributed by atoms with E-state index in [-0.39, 0.29) is 11.9 Å². The van der Waals surface area contributed by atoms with Crippen molar-refractivity contribution < 1.29 is 14.3 Å². The summed E-state index contributed by atoms with van der Waals surface area (Å²) in [7, 11) is 1.61. The van der Waals surface area contributed by atoms with Crippen molar-refractivity contribution in [1.29, 1.82) is 0 Å². The molecular formula is C32H36ClN5O3. The van der Waals surface area contributed by atoms with Crippen LogP contribution in [0.4, 0.5) is 16.2 Å². The molecule has 0 radical (unpaired) electrons.